The summed E-state index contributed by atoms with van der Waals surface area (Å²) in [6.45, 7) is 1.28. The summed E-state index contributed by atoms with van der Waals surface area (Å²) < 4.78 is 0.839. The molecule has 0 aliphatic heterocycles. The van der Waals surface area contributed by atoms with Crippen LogP contribution in [0.25, 0.3) is 11.1 Å². The van der Waals surface area contributed by atoms with E-state index in [4.69, 9.17) is 0 Å². The van der Waals surface area contributed by atoms with Gasteiger partial charge in [-0.2, -0.15) is 0 Å². The molecule has 0 aliphatic rings. The molecule has 0 aromatic heterocycles. The molecule has 2 aromatic carbocycles. The monoisotopic (exact) mass is 386 g/mol. The van der Waals surface area contributed by atoms with Gasteiger partial charge in [0.25, 0.3) is 0 Å². The fourth-order valence-electron chi connectivity index (χ4n) is 2.16. The van der Waals surface area contributed by atoms with Crippen molar-refractivity contribution in [3.63, 3.8) is 0 Å². The summed E-state index contributed by atoms with van der Waals surface area (Å²) in [6, 6.07) is 6.83. The van der Waals surface area contributed by atoms with Gasteiger partial charge in [-0.1, -0.05) is 6.07 Å². The first kappa shape index (κ1) is 15.1. The average Bonchev–Trinajstić information content (AvgIpc) is 2.43. The van der Waals surface area contributed by atoms with Gasteiger partial charge >= 0.3 is 0 Å². The zero-order valence-electron chi connectivity index (χ0n) is 10.9. The van der Waals surface area contributed by atoms with Crippen molar-refractivity contribution in [1.82, 2.24) is 0 Å². The smallest absolute Gasteiger partial charge is 0.129 e. The fourth-order valence-corrected chi connectivity index (χ4v) is 2.85. The van der Waals surface area contributed by atoms with Crippen LogP contribution in [0, 0.1) is 10.5 Å². The van der Waals surface area contributed by atoms with E-state index in [1.54, 1.807) is 24.3 Å². The molecule has 4 N–H and O–H groups in total. The third-order valence-electron chi connectivity index (χ3n) is 3.12. The lowest BCUT2D eigenvalue weighted by Crippen LogP contribution is -1.93. The Hall–Kier alpha value is -1.31. The molecule has 0 atom stereocenters. The van der Waals surface area contributed by atoms with E-state index in [0.29, 0.717) is 22.3 Å². The van der Waals surface area contributed by atoms with Gasteiger partial charge in [-0.25, -0.2) is 0 Å². The summed E-state index contributed by atoms with van der Waals surface area (Å²) in [5, 5.41) is 39.0. The highest BCUT2D eigenvalue weighted by Crippen LogP contribution is 2.40. The van der Waals surface area contributed by atoms with Crippen molar-refractivity contribution >= 4 is 22.6 Å². The highest BCUT2D eigenvalue weighted by Gasteiger charge is 2.16. The molecule has 0 saturated heterocycles. The number of hydrogen-bond donors (Lipinski definition) is 4. The molecule has 2 rings (SSSR count). The normalized spacial score (nSPS) is 10.8. The molecule has 0 unspecified atom stereocenters. The zero-order valence-corrected chi connectivity index (χ0v) is 13.0. The first-order valence-electron chi connectivity index (χ1n) is 6.04. The van der Waals surface area contributed by atoms with E-state index in [1.165, 1.54) is 0 Å². The molecule has 0 spiro atoms. The Labute approximate surface area is 130 Å². The number of rotatable bonds is 3. The lowest BCUT2D eigenvalue weighted by molar-refractivity contribution is 0.274. The molecular formula is C15H15IO4. The van der Waals surface area contributed by atoms with Crippen LogP contribution in [0.4, 0.5) is 0 Å². The van der Waals surface area contributed by atoms with Crippen molar-refractivity contribution in [2.45, 2.75) is 20.1 Å². The summed E-state index contributed by atoms with van der Waals surface area (Å²) >= 11 is 2.08. The van der Waals surface area contributed by atoms with E-state index in [-0.39, 0.29) is 24.7 Å². The van der Waals surface area contributed by atoms with Gasteiger partial charge in [-0.3, -0.25) is 0 Å². The molecule has 20 heavy (non-hydrogen) atoms. The van der Waals surface area contributed by atoms with Crippen LogP contribution < -0.4 is 0 Å². The van der Waals surface area contributed by atoms with Crippen LogP contribution in [0.1, 0.15) is 16.7 Å². The van der Waals surface area contributed by atoms with E-state index in [2.05, 4.69) is 22.6 Å². The van der Waals surface area contributed by atoms with Crippen molar-refractivity contribution in [3.8, 4) is 22.6 Å². The molecule has 0 bridgehead atoms. The van der Waals surface area contributed by atoms with Gasteiger partial charge < -0.3 is 20.4 Å². The van der Waals surface area contributed by atoms with E-state index < -0.39 is 0 Å². The lowest BCUT2D eigenvalue weighted by Gasteiger charge is -2.14. The topological polar surface area (TPSA) is 80.9 Å². The van der Waals surface area contributed by atoms with E-state index in [0.717, 1.165) is 9.13 Å². The van der Waals surface area contributed by atoms with Gasteiger partial charge in [0.1, 0.15) is 11.5 Å². The predicted molar refractivity (Wildman–Crippen MR) is 84.5 cm³/mol. The van der Waals surface area contributed by atoms with Gasteiger partial charge in [0.15, 0.2) is 0 Å². The SMILES string of the molecule is Cc1cc(CO)c(O)c(-c2cc(I)cc(CO)c2O)c1. The van der Waals surface area contributed by atoms with Gasteiger partial charge in [0.05, 0.1) is 13.2 Å². The molecule has 2 aromatic rings. The molecule has 0 fully saturated rings. The number of phenols is 2. The minimum absolute atomic E-state index is 0.0562. The quantitative estimate of drug-likeness (QED) is 0.612. The molecule has 0 aliphatic carbocycles. The minimum atomic E-state index is -0.283. The minimum Gasteiger partial charge on any atom is -0.507 e. The van der Waals surface area contributed by atoms with Gasteiger partial charge in [0, 0.05) is 25.8 Å². The molecule has 0 radical (unpaired) electrons. The summed E-state index contributed by atoms with van der Waals surface area (Å²) in [5.41, 5.74) is 2.56. The Kier molecular flexibility index (Phi) is 4.52. The first-order chi connectivity index (χ1) is 9.47. The van der Waals surface area contributed by atoms with Crippen LogP contribution >= 0.6 is 22.6 Å². The molecule has 106 valence electrons. The van der Waals surface area contributed by atoms with Crippen LogP contribution in [-0.2, 0) is 13.2 Å². The Morgan fingerprint density at radius 2 is 1.35 bits per heavy atom. The molecule has 0 saturated carbocycles. The number of benzene rings is 2. The zero-order chi connectivity index (χ0) is 14.9. The Bertz CT molecular complexity index is 595. The average molecular weight is 386 g/mol. The number of aryl methyl sites for hydroxylation is 1. The van der Waals surface area contributed by atoms with Crippen molar-refractivity contribution in [3.05, 3.63) is 44.5 Å². The summed E-state index contributed by atoms with van der Waals surface area (Å²) in [6.07, 6.45) is 0. The van der Waals surface area contributed by atoms with Crippen molar-refractivity contribution in [2.75, 3.05) is 0 Å². The highest BCUT2D eigenvalue weighted by atomic mass is 127. The molecule has 0 amide bonds. The van der Waals surface area contributed by atoms with Crippen molar-refractivity contribution in [2.24, 2.45) is 0 Å². The van der Waals surface area contributed by atoms with E-state index in [9.17, 15) is 20.4 Å². The van der Waals surface area contributed by atoms with Crippen molar-refractivity contribution in [1.29, 1.82) is 0 Å². The first-order valence-corrected chi connectivity index (χ1v) is 7.11. The molecular weight excluding hydrogens is 371 g/mol. The van der Waals surface area contributed by atoms with E-state index >= 15 is 0 Å². The second-order valence-electron chi connectivity index (χ2n) is 4.60. The van der Waals surface area contributed by atoms with Gasteiger partial charge in [0.2, 0.25) is 0 Å². The maximum atomic E-state index is 10.2. The second-order valence-corrected chi connectivity index (χ2v) is 5.84. The Balaban J connectivity index is 2.74. The Morgan fingerprint density at radius 3 is 1.90 bits per heavy atom. The largest absolute Gasteiger partial charge is 0.507 e. The summed E-state index contributed by atoms with van der Waals surface area (Å²) in [7, 11) is 0. The maximum Gasteiger partial charge on any atom is 0.129 e. The van der Waals surface area contributed by atoms with Gasteiger partial charge in [-0.05, 0) is 53.3 Å². The molecule has 5 heteroatoms. The number of aromatic hydroxyl groups is 2. The number of hydrogen-bond acceptors (Lipinski definition) is 4. The van der Waals surface area contributed by atoms with Crippen LogP contribution in [0.5, 0.6) is 11.5 Å². The van der Waals surface area contributed by atoms with Crippen LogP contribution in [0.3, 0.4) is 0 Å². The van der Waals surface area contributed by atoms with Crippen LogP contribution in [-0.4, -0.2) is 20.4 Å². The number of aliphatic hydroxyl groups excluding tert-OH is 2. The van der Waals surface area contributed by atoms with Crippen LogP contribution in [0.2, 0.25) is 0 Å². The third kappa shape index (κ3) is 2.74. The predicted octanol–water partition coefficient (Wildman–Crippen LogP) is 2.66. The summed E-state index contributed by atoms with van der Waals surface area (Å²) in [4.78, 5) is 0. The van der Waals surface area contributed by atoms with Crippen molar-refractivity contribution < 1.29 is 20.4 Å². The second kappa shape index (κ2) is 5.99. The number of halogens is 1. The Morgan fingerprint density at radius 1 is 0.850 bits per heavy atom. The molecule has 0 heterocycles. The lowest BCUT2D eigenvalue weighted by atomic mass is 9.96. The highest BCUT2D eigenvalue weighted by molar-refractivity contribution is 14.1. The van der Waals surface area contributed by atoms with Crippen LogP contribution in [0.15, 0.2) is 24.3 Å². The fraction of sp³-hybridized carbons (Fsp3) is 0.200. The summed E-state index contributed by atoms with van der Waals surface area (Å²) in [5.74, 6) is -0.114. The third-order valence-corrected chi connectivity index (χ3v) is 3.74. The number of aliphatic hydroxyl groups is 2. The van der Waals surface area contributed by atoms with E-state index in [1.807, 2.05) is 6.92 Å². The standard InChI is InChI=1S/C15H15IO4/c1-8-2-9(6-17)14(19)12(3-8)13-5-11(16)4-10(7-18)15(13)20/h2-5,17-20H,6-7H2,1H3. The van der Waals surface area contributed by atoms with Gasteiger partial charge in [-0.15, -0.1) is 0 Å². The maximum absolute atomic E-state index is 10.2. The molecule has 4 nitrogen and oxygen atoms in total.